The molecular weight excluding hydrogens is 427 g/mol. The van der Waals surface area contributed by atoms with E-state index in [1.807, 2.05) is 12.1 Å². The van der Waals surface area contributed by atoms with Crippen LogP contribution in [0.15, 0.2) is 42.6 Å². The summed E-state index contributed by atoms with van der Waals surface area (Å²) in [7, 11) is 1.37. The summed E-state index contributed by atoms with van der Waals surface area (Å²) in [5.74, 6) is 2.20. The van der Waals surface area contributed by atoms with Gasteiger partial charge in [0, 0.05) is 40.9 Å². The number of esters is 1. The van der Waals surface area contributed by atoms with Gasteiger partial charge in [0.15, 0.2) is 0 Å². The van der Waals surface area contributed by atoms with Gasteiger partial charge in [-0.15, -0.1) is 0 Å². The molecule has 0 saturated carbocycles. The summed E-state index contributed by atoms with van der Waals surface area (Å²) in [4.78, 5) is 20.0. The van der Waals surface area contributed by atoms with Gasteiger partial charge in [-0.25, -0.2) is 9.37 Å². The van der Waals surface area contributed by atoms with E-state index in [-0.39, 0.29) is 24.1 Å². The number of halogens is 1. The predicted molar refractivity (Wildman–Crippen MR) is 116 cm³/mol. The first-order valence-electron chi connectivity index (χ1n) is 10.8. The maximum absolute atomic E-state index is 14.8. The third kappa shape index (κ3) is 4.20. The van der Waals surface area contributed by atoms with Crippen LogP contribution in [0.1, 0.15) is 47.4 Å². The minimum absolute atomic E-state index is 0.0451. The Hall–Kier alpha value is -3.68. The highest BCUT2D eigenvalue weighted by Gasteiger charge is 2.32. The van der Waals surface area contributed by atoms with E-state index in [4.69, 9.17) is 18.9 Å². The first kappa shape index (κ1) is 21.2. The van der Waals surface area contributed by atoms with E-state index in [0.717, 1.165) is 11.1 Å². The van der Waals surface area contributed by atoms with Crippen LogP contribution in [0.5, 0.6) is 23.1 Å². The molecule has 0 radical (unpaired) electrons. The van der Waals surface area contributed by atoms with Crippen molar-refractivity contribution in [2.75, 3.05) is 13.7 Å². The molecule has 0 N–H and O–H groups in total. The van der Waals surface area contributed by atoms with Crippen molar-refractivity contribution < 1.29 is 28.1 Å². The average Bonchev–Trinajstić information content (AvgIpc) is 3.40. The van der Waals surface area contributed by atoms with Crippen molar-refractivity contribution in [1.29, 1.82) is 0 Å². The van der Waals surface area contributed by atoms with E-state index in [1.165, 1.54) is 13.2 Å². The molecular formula is C25H23FN2O5. The van der Waals surface area contributed by atoms with E-state index in [1.54, 1.807) is 31.3 Å². The van der Waals surface area contributed by atoms with Crippen LogP contribution >= 0.6 is 0 Å². The Kier molecular flexibility index (Phi) is 5.58. The molecule has 0 bridgehead atoms. The van der Waals surface area contributed by atoms with Crippen LogP contribution in [-0.4, -0.2) is 29.7 Å². The molecule has 170 valence electrons. The molecule has 1 aliphatic heterocycles. The van der Waals surface area contributed by atoms with Gasteiger partial charge < -0.3 is 18.9 Å². The lowest BCUT2D eigenvalue weighted by Crippen LogP contribution is -2.09. The lowest BCUT2D eigenvalue weighted by molar-refractivity contribution is -0.141. The predicted octanol–water partition coefficient (Wildman–Crippen LogP) is 4.82. The lowest BCUT2D eigenvalue weighted by atomic mass is 9.98. The standard InChI is InChI=1S/C25H23FN2O5/c1-14-27-10-9-23(28-14)33-20-8-6-19(26)25-18(20)5-7-21(25)32-16-3-4-17-15(11-24(29)30-2)13-31-22(17)12-16/h3-4,6,8-10,12,15,21H,5,7,11,13H2,1-2H3/t15?,21-/m1/s1. The molecule has 8 heteroatoms. The van der Waals surface area contributed by atoms with Crippen LogP contribution in [0.3, 0.4) is 0 Å². The number of methoxy groups -OCH3 is 1. The number of carbonyl (C=O) groups excluding carboxylic acids is 1. The zero-order valence-corrected chi connectivity index (χ0v) is 18.3. The summed E-state index contributed by atoms with van der Waals surface area (Å²) >= 11 is 0. The van der Waals surface area contributed by atoms with Gasteiger partial charge in [-0.2, -0.15) is 4.98 Å². The molecule has 0 spiro atoms. The highest BCUT2D eigenvalue weighted by molar-refractivity contribution is 5.71. The molecule has 2 aromatic carbocycles. The van der Waals surface area contributed by atoms with Gasteiger partial charge in [0.2, 0.25) is 5.88 Å². The fraction of sp³-hybridized carbons (Fsp3) is 0.320. The molecule has 0 saturated heterocycles. The fourth-order valence-electron chi connectivity index (χ4n) is 4.41. The number of nitrogens with zero attached hydrogens (tertiary/aromatic N) is 2. The molecule has 0 amide bonds. The smallest absolute Gasteiger partial charge is 0.306 e. The van der Waals surface area contributed by atoms with Crippen molar-refractivity contribution in [3.05, 3.63) is 70.9 Å². The number of hydrogen-bond acceptors (Lipinski definition) is 7. The first-order valence-corrected chi connectivity index (χ1v) is 10.8. The van der Waals surface area contributed by atoms with Gasteiger partial charge in [-0.05, 0) is 38.0 Å². The number of hydrogen-bond donors (Lipinski definition) is 0. The number of aromatic nitrogens is 2. The average molecular weight is 450 g/mol. The third-order valence-electron chi connectivity index (χ3n) is 5.99. The maximum atomic E-state index is 14.8. The Bertz CT molecular complexity index is 1220. The zero-order valence-electron chi connectivity index (χ0n) is 18.3. The minimum atomic E-state index is -0.444. The molecule has 2 heterocycles. The zero-order chi connectivity index (χ0) is 22.9. The normalized spacial score (nSPS) is 18.3. The van der Waals surface area contributed by atoms with E-state index in [2.05, 4.69) is 9.97 Å². The largest absolute Gasteiger partial charge is 0.492 e. The summed E-state index contributed by atoms with van der Waals surface area (Å²) in [5, 5.41) is 0. The van der Waals surface area contributed by atoms with E-state index >= 15 is 0 Å². The van der Waals surface area contributed by atoms with Crippen molar-refractivity contribution in [2.24, 2.45) is 0 Å². The third-order valence-corrected chi connectivity index (χ3v) is 5.99. The Morgan fingerprint density at radius 3 is 2.94 bits per heavy atom. The lowest BCUT2D eigenvalue weighted by Gasteiger charge is -2.17. The van der Waals surface area contributed by atoms with Gasteiger partial charge >= 0.3 is 5.97 Å². The SMILES string of the molecule is COC(=O)CC1COc2cc(O[C@@H]3CCc4c(Oc5ccnc(C)n5)ccc(F)c43)ccc21. The molecule has 1 unspecified atom stereocenters. The second-order valence-corrected chi connectivity index (χ2v) is 8.11. The molecule has 2 aliphatic rings. The van der Waals surface area contributed by atoms with Crippen LogP contribution in [0.2, 0.25) is 0 Å². The number of ether oxygens (including phenoxy) is 4. The summed E-state index contributed by atoms with van der Waals surface area (Å²) in [6, 6.07) is 10.2. The number of rotatable bonds is 6. The highest BCUT2D eigenvalue weighted by atomic mass is 19.1. The molecule has 33 heavy (non-hydrogen) atoms. The molecule has 3 aromatic rings. The monoisotopic (exact) mass is 450 g/mol. The van der Waals surface area contributed by atoms with Gasteiger partial charge in [-0.1, -0.05) is 6.07 Å². The first-order chi connectivity index (χ1) is 16.0. The van der Waals surface area contributed by atoms with Crippen LogP contribution in [-0.2, 0) is 16.0 Å². The summed E-state index contributed by atoms with van der Waals surface area (Å²) < 4.78 is 37.5. The number of aryl methyl sites for hydroxylation is 1. The molecule has 7 nitrogen and oxygen atoms in total. The van der Waals surface area contributed by atoms with Crippen molar-refractivity contribution >= 4 is 5.97 Å². The quantitative estimate of drug-likeness (QED) is 0.498. The summed E-state index contributed by atoms with van der Waals surface area (Å²) in [6.07, 6.45) is 2.69. The van der Waals surface area contributed by atoms with Crippen molar-refractivity contribution in [1.82, 2.24) is 9.97 Å². The van der Waals surface area contributed by atoms with Crippen LogP contribution in [0, 0.1) is 12.7 Å². The topological polar surface area (TPSA) is 79.8 Å². The summed E-state index contributed by atoms with van der Waals surface area (Å²) in [6.45, 7) is 2.20. The van der Waals surface area contributed by atoms with Gasteiger partial charge in [0.25, 0.3) is 0 Å². The maximum Gasteiger partial charge on any atom is 0.306 e. The molecule has 0 fully saturated rings. The molecule has 1 aromatic heterocycles. The Morgan fingerprint density at radius 1 is 1.24 bits per heavy atom. The van der Waals surface area contributed by atoms with Gasteiger partial charge in [0.1, 0.15) is 35.0 Å². The second-order valence-electron chi connectivity index (χ2n) is 8.11. The Labute approximate surface area is 190 Å². The van der Waals surface area contributed by atoms with Crippen LogP contribution < -0.4 is 14.2 Å². The van der Waals surface area contributed by atoms with Crippen LogP contribution in [0.25, 0.3) is 0 Å². The Balaban J connectivity index is 1.36. The molecule has 1 aliphatic carbocycles. The Morgan fingerprint density at radius 2 is 2.12 bits per heavy atom. The minimum Gasteiger partial charge on any atom is -0.492 e. The number of carbonyl (C=O) groups is 1. The van der Waals surface area contributed by atoms with E-state index in [0.29, 0.717) is 54.0 Å². The fourth-order valence-corrected chi connectivity index (χ4v) is 4.41. The van der Waals surface area contributed by atoms with Gasteiger partial charge in [0.05, 0.1) is 20.1 Å². The summed E-state index contributed by atoms with van der Waals surface area (Å²) in [5.41, 5.74) is 2.23. The van der Waals surface area contributed by atoms with Crippen LogP contribution in [0.4, 0.5) is 4.39 Å². The van der Waals surface area contributed by atoms with Gasteiger partial charge in [-0.3, -0.25) is 4.79 Å². The second kappa shape index (κ2) is 8.69. The molecule has 2 atom stereocenters. The highest BCUT2D eigenvalue weighted by Crippen LogP contribution is 2.44. The van der Waals surface area contributed by atoms with Crippen molar-refractivity contribution in [2.45, 2.75) is 38.2 Å². The van der Waals surface area contributed by atoms with Crippen molar-refractivity contribution in [3.8, 4) is 23.1 Å². The van der Waals surface area contributed by atoms with Crippen molar-refractivity contribution in [3.63, 3.8) is 0 Å². The molecule has 5 rings (SSSR count). The number of benzene rings is 2. The van der Waals surface area contributed by atoms with E-state index < -0.39 is 6.10 Å². The van der Waals surface area contributed by atoms with E-state index in [9.17, 15) is 9.18 Å². The number of fused-ring (bicyclic) bond motifs is 2.